The van der Waals surface area contributed by atoms with Crippen LogP contribution in [0.3, 0.4) is 0 Å². The maximum Gasteiger partial charge on any atom is 0.263 e. The van der Waals surface area contributed by atoms with Gasteiger partial charge in [0.15, 0.2) is 5.82 Å². The van der Waals surface area contributed by atoms with Gasteiger partial charge < -0.3 is 14.6 Å². The topological polar surface area (TPSA) is 158 Å². The maximum absolute atomic E-state index is 14.1. The number of benzene rings is 2. The lowest BCUT2D eigenvalue weighted by Gasteiger charge is -2.18. The molecule has 50 heavy (non-hydrogen) atoms. The van der Waals surface area contributed by atoms with E-state index in [0.29, 0.717) is 58.2 Å². The summed E-state index contributed by atoms with van der Waals surface area (Å²) < 4.78 is 42.6. The van der Waals surface area contributed by atoms with Crippen molar-refractivity contribution in [2.24, 2.45) is 0 Å². The van der Waals surface area contributed by atoms with Crippen molar-refractivity contribution in [3.8, 4) is 11.1 Å². The SMILES string of the molecule is CCCCc1nc(C)c(CC(=O)Nc2ccncc2)c(=O)n1Cc1ccc(-c2ccccc2S(=O)(=O)Nc2noc(C)c2C)c(COCC)c1. The van der Waals surface area contributed by atoms with Crippen molar-refractivity contribution < 1.29 is 22.5 Å². The first kappa shape index (κ1) is 36.1. The number of unbranched alkanes of at least 4 members (excludes halogenated alkanes) is 1. The third-order valence-corrected chi connectivity index (χ3v) is 9.83. The van der Waals surface area contributed by atoms with E-state index in [1.807, 2.05) is 25.1 Å². The molecule has 0 aliphatic carbocycles. The van der Waals surface area contributed by atoms with Gasteiger partial charge in [0.1, 0.15) is 11.6 Å². The van der Waals surface area contributed by atoms with Gasteiger partial charge in [0, 0.05) is 53.5 Å². The fraction of sp³-hybridized carbons (Fsp3) is 0.324. The first-order valence-electron chi connectivity index (χ1n) is 16.6. The summed E-state index contributed by atoms with van der Waals surface area (Å²) in [4.78, 5) is 35.9. The molecule has 0 aliphatic rings. The number of hydrogen-bond acceptors (Lipinski definition) is 9. The van der Waals surface area contributed by atoms with E-state index in [1.54, 1.807) is 74.1 Å². The number of carbonyl (C=O) groups excluding carboxylic acids is 1. The lowest BCUT2D eigenvalue weighted by Crippen LogP contribution is -2.32. The number of ether oxygens (including phenoxy) is 1. The van der Waals surface area contributed by atoms with Crippen LogP contribution < -0.4 is 15.6 Å². The molecule has 0 aliphatic heterocycles. The number of aryl methyl sites for hydroxylation is 3. The smallest absolute Gasteiger partial charge is 0.263 e. The molecule has 5 aromatic rings. The quantitative estimate of drug-likeness (QED) is 0.131. The van der Waals surface area contributed by atoms with Gasteiger partial charge in [-0.3, -0.25) is 23.9 Å². The zero-order chi connectivity index (χ0) is 35.8. The fourth-order valence-corrected chi connectivity index (χ4v) is 6.87. The van der Waals surface area contributed by atoms with E-state index >= 15 is 0 Å². The molecule has 0 radical (unpaired) electrons. The van der Waals surface area contributed by atoms with Crippen LogP contribution in [0.25, 0.3) is 11.1 Å². The Morgan fingerprint density at radius 1 is 1.00 bits per heavy atom. The van der Waals surface area contributed by atoms with Crippen LogP contribution in [0.2, 0.25) is 0 Å². The highest BCUT2D eigenvalue weighted by Gasteiger charge is 2.24. The average molecular weight is 699 g/mol. The van der Waals surface area contributed by atoms with Crippen LogP contribution in [0.15, 0.2) is 81.2 Å². The van der Waals surface area contributed by atoms with Crippen LogP contribution in [-0.4, -0.2) is 40.6 Å². The Morgan fingerprint density at radius 3 is 2.46 bits per heavy atom. The molecule has 0 saturated heterocycles. The summed E-state index contributed by atoms with van der Waals surface area (Å²) in [6, 6.07) is 15.8. The van der Waals surface area contributed by atoms with Gasteiger partial charge in [0.05, 0.1) is 24.5 Å². The molecule has 0 fully saturated rings. The van der Waals surface area contributed by atoms with Crippen LogP contribution in [0.1, 0.15) is 66.2 Å². The molecule has 262 valence electrons. The number of sulfonamides is 1. The van der Waals surface area contributed by atoms with Crippen LogP contribution in [0.4, 0.5) is 11.5 Å². The second kappa shape index (κ2) is 16.0. The first-order valence-corrected chi connectivity index (χ1v) is 18.0. The summed E-state index contributed by atoms with van der Waals surface area (Å²) in [6.45, 7) is 10.0. The summed E-state index contributed by atoms with van der Waals surface area (Å²) in [5.41, 5.74) is 4.47. The molecule has 2 N–H and O–H groups in total. The molecular formula is C37H42N6O6S. The van der Waals surface area contributed by atoms with Crippen LogP contribution in [0, 0.1) is 20.8 Å². The molecule has 5 rings (SSSR count). The van der Waals surface area contributed by atoms with Crippen molar-refractivity contribution in [2.75, 3.05) is 16.6 Å². The predicted molar refractivity (Wildman–Crippen MR) is 192 cm³/mol. The van der Waals surface area contributed by atoms with E-state index in [2.05, 4.69) is 27.1 Å². The molecule has 0 saturated carbocycles. The molecule has 13 heteroatoms. The number of hydrogen-bond donors (Lipinski definition) is 2. The van der Waals surface area contributed by atoms with Crippen molar-refractivity contribution in [3.05, 3.63) is 117 Å². The molecule has 3 heterocycles. The van der Waals surface area contributed by atoms with Crippen molar-refractivity contribution in [3.63, 3.8) is 0 Å². The predicted octanol–water partition coefficient (Wildman–Crippen LogP) is 6.13. The Kier molecular flexibility index (Phi) is 11.6. The molecule has 0 atom stereocenters. The highest BCUT2D eigenvalue weighted by Crippen LogP contribution is 2.33. The average Bonchev–Trinajstić information content (AvgIpc) is 3.41. The van der Waals surface area contributed by atoms with E-state index < -0.39 is 10.0 Å². The van der Waals surface area contributed by atoms with Gasteiger partial charge in [-0.2, -0.15) is 0 Å². The van der Waals surface area contributed by atoms with Gasteiger partial charge in [0.2, 0.25) is 5.91 Å². The Bertz CT molecular complexity index is 2140. The van der Waals surface area contributed by atoms with Crippen molar-refractivity contribution in [1.82, 2.24) is 19.7 Å². The van der Waals surface area contributed by atoms with E-state index in [0.717, 1.165) is 24.0 Å². The molecule has 1 amide bonds. The lowest BCUT2D eigenvalue weighted by molar-refractivity contribution is -0.115. The van der Waals surface area contributed by atoms with Gasteiger partial charge in [-0.15, -0.1) is 0 Å². The number of aromatic nitrogens is 4. The van der Waals surface area contributed by atoms with Crippen LogP contribution >= 0.6 is 0 Å². The van der Waals surface area contributed by atoms with E-state index in [9.17, 15) is 18.0 Å². The monoisotopic (exact) mass is 698 g/mol. The Labute approximate surface area is 292 Å². The number of amides is 1. The Balaban J connectivity index is 1.52. The highest BCUT2D eigenvalue weighted by molar-refractivity contribution is 7.92. The summed E-state index contributed by atoms with van der Waals surface area (Å²) >= 11 is 0. The summed E-state index contributed by atoms with van der Waals surface area (Å²) in [6.07, 6.45) is 5.40. The van der Waals surface area contributed by atoms with Gasteiger partial charge in [-0.05, 0) is 69.0 Å². The van der Waals surface area contributed by atoms with Gasteiger partial charge >= 0.3 is 0 Å². The standard InChI is InChI=1S/C37H42N6O6S/c1-6-8-13-34-39-25(4)32(21-35(44)40-29-16-18-38-19-17-29)37(45)43(34)22-27-14-15-30(28(20-27)23-48-7-2)31-11-9-10-12-33(31)50(46,47)42-36-24(3)26(5)49-41-36/h9-12,14-20H,6-8,13,21-23H2,1-5H3,(H,41,42)(H,38,40,44). The minimum atomic E-state index is -4.06. The van der Waals surface area contributed by atoms with Crippen molar-refractivity contribution in [2.45, 2.75) is 78.3 Å². The number of pyridine rings is 1. The number of nitrogens with one attached hydrogen (secondary N) is 2. The number of anilines is 2. The van der Waals surface area contributed by atoms with E-state index in [-0.39, 0.29) is 41.8 Å². The first-order chi connectivity index (χ1) is 24.0. The van der Waals surface area contributed by atoms with Crippen LogP contribution in [-0.2, 0) is 45.5 Å². The maximum atomic E-state index is 14.1. The van der Waals surface area contributed by atoms with Gasteiger partial charge in [-0.25, -0.2) is 13.4 Å². The molecule has 0 unspecified atom stereocenters. The molecule has 3 aromatic heterocycles. The third-order valence-electron chi connectivity index (χ3n) is 8.43. The third kappa shape index (κ3) is 8.35. The highest BCUT2D eigenvalue weighted by atomic mass is 32.2. The van der Waals surface area contributed by atoms with Gasteiger partial charge in [0.25, 0.3) is 15.6 Å². The summed E-state index contributed by atoms with van der Waals surface area (Å²) in [7, 11) is -4.06. The van der Waals surface area contributed by atoms with Crippen molar-refractivity contribution >= 4 is 27.4 Å². The zero-order valence-electron chi connectivity index (χ0n) is 28.9. The number of carbonyl (C=O) groups is 1. The Morgan fingerprint density at radius 2 is 1.76 bits per heavy atom. The van der Waals surface area contributed by atoms with Gasteiger partial charge in [-0.1, -0.05) is 54.9 Å². The summed E-state index contributed by atoms with van der Waals surface area (Å²) in [5, 5.41) is 6.69. The largest absolute Gasteiger partial charge is 0.377 e. The fourth-order valence-electron chi connectivity index (χ4n) is 5.59. The molecular weight excluding hydrogens is 657 g/mol. The molecule has 0 spiro atoms. The second-order valence-electron chi connectivity index (χ2n) is 12.0. The van der Waals surface area contributed by atoms with Crippen molar-refractivity contribution in [1.29, 1.82) is 0 Å². The molecule has 0 bridgehead atoms. The molecule has 12 nitrogen and oxygen atoms in total. The number of nitrogens with zero attached hydrogens (tertiary/aromatic N) is 4. The normalized spacial score (nSPS) is 11.5. The zero-order valence-corrected chi connectivity index (χ0v) is 29.8. The molecule has 2 aromatic carbocycles. The number of rotatable bonds is 15. The summed E-state index contributed by atoms with van der Waals surface area (Å²) in [5.74, 6) is 0.967. The minimum absolute atomic E-state index is 0.0704. The minimum Gasteiger partial charge on any atom is -0.377 e. The van der Waals surface area contributed by atoms with E-state index in [1.165, 1.54) is 0 Å². The Hall–Kier alpha value is -5.14. The lowest BCUT2D eigenvalue weighted by atomic mass is 9.97. The second-order valence-corrected chi connectivity index (χ2v) is 13.6. The van der Waals surface area contributed by atoms with E-state index in [4.69, 9.17) is 14.2 Å². The van der Waals surface area contributed by atoms with Crippen LogP contribution in [0.5, 0.6) is 0 Å².